The number of rotatable bonds is 3. The van der Waals surface area contributed by atoms with Crippen LogP contribution in [0.3, 0.4) is 0 Å². The first kappa shape index (κ1) is 22.6. The molecule has 4 aliphatic heterocycles. The van der Waals surface area contributed by atoms with Gasteiger partial charge in [-0.2, -0.15) is 0 Å². The van der Waals surface area contributed by atoms with Crippen molar-refractivity contribution < 1.29 is 23.9 Å². The second kappa shape index (κ2) is 9.25. The van der Waals surface area contributed by atoms with E-state index in [0.717, 1.165) is 50.3 Å². The van der Waals surface area contributed by atoms with Gasteiger partial charge in [0.2, 0.25) is 11.8 Å². The van der Waals surface area contributed by atoms with Crippen molar-refractivity contribution in [1.82, 2.24) is 20.0 Å². The van der Waals surface area contributed by atoms with E-state index in [4.69, 9.17) is 4.74 Å². The quantitative estimate of drug-likeness (QED) is 0.654. The van der Waals surface area contributed by atoms with Crippen molar-refractivity contribution in [3.05, 3.63) is 29.3 Å². The van der Waals surface area contributed by atoms with E-state index < -0.39 is 6.04 Å². The van der Waals surface area contributed by atoms with E-state index in [0.29, 0.717) is 37.7 Å². The summed E-state index contributed by atoms with van der Waals surface area (Å²) in [6, 6.07) is 5.87. The fraction of sp³-hybridized carbons (Fsp3) is 0.583. The molecule has 0 radical (unpaired) electrons. The number of methoxy groups -OCH3 is 1. The number of carbonyl (C=O) groups excluding carboxylic acids is 4. The minimum Gasteiger partial charge on any atom is -0.453 e. The van der Waals surface area contributed by atoms with Gasteiger partial charge in [-0.25, -0.2) is 4.79 Å². The third-order valence-corrected chi connectivity index (χ3v) is 7.60. The highest BCUT2D eigenvalue weighted by molar-refractivity contribution is 6.05. The van der Waals surface area contributed by atoms with Crippen LogP contribution in [-0.4, -0.2) is 97.0 Å². The average molecular weight is 470 g/mol. The molecule has 1 N–H and O–H groups in total. The maximum atomic E-state index is 12.9. The zero-order valence-corrected chi connectivity index (χ0v) is 19.5. The van der Waals surface area contributed by atoms with Crippen molar-refractivity contribution in [2.45, 2.75) is 44.3 Å². The van der Waals surface area contributed by atoms with Gasteiger partial charge in [0.15, 0.2) is 0 Å². The highest BCUT2D eigenvalue weighted by Crippen LogP contribution is 2.32. The maximum absolute atomic E-state index is 12.9. The first-order valence-electron chi connectivity index (χ1n) is 12.0. The van der Waals surface area contributed by atoms with Crippen LogP contribution in [0.25, 0.3) is 0 Å². The summed E-state index contributed by atoms with van der Waals surface area (Å²) in [5.41, 5.74) is 2.69. The lowest BCUT2D eigenvalue weighted by molar-refractivity contribution is -0.136. The third-order valence-electron chi connectivity index (χ3n) is 7.60. The molecule has 1 aromatic rings. The predicted molar refractivity (Wildman–Crippen MR) is 123 cm³/mol. The minimum atomic E-state index is -0.587. The smallest absolute Gasteiger partial charge is 0.409 e. The maximum Gasteiger partial charge on any atom is 0.409 e. The second-order valence-electron chi connectivity index (χ2n) is 9.45. The number of piperazine rings is 1. The van der Waals surface area contributed by atoms with Crippen LogP contribution in [0.1, 0.15) is 41.6 Å². The molecule has 10 heteroatoms. The van der Waals surface area contributed by atoms with E-state index in [1.165, 1.54) is 7.11 Å². The molecule has 3 fully saturated rings. The van der Waals surface area contributed by atoms with Gasteiger partial charge < -0.3 is 19.4 Å². The van der Waals surface area contributed by atoms with Crippen molar-refractivity contribution in [1.29, 1.82) is 0 Å². The molecule has 182 valence electrons. The number of fused-ring (bicyclic) bond motifs is 1. The van der Waals surface area contributed by atoms with E-state index in [2.05, 4.69) is 21.2 Å². The topological polar surface area (TPSA) is 102 Å². The normalized spacial score (nSPS) is 24.3. The van der Waals surface area contributed by atoms with Crippen molar-refractivity contribution >= 4 is 29.5 Å². The molecule has 4 heterocycles. The molecule has 4 aliphatic rings. The Balaban J connectivity index is 1.18. The predicted octanol–water partition coefficient (Wildman–Crippen LogP) is 0.800. The zero-order valence-electron chi connectivity index (χ0n) is 19.5. The Morgan fingerprint density at radius 3 is 2.41 bits per heavy atom. The average Bonchev–Trinajstić information content (AvgIpc) is 3.19. The van der Waals surface area contributed by atoms with Gasteiger partial charge in [-0.3, -0.25) is 24.6 Å². The van der Waals surface area contributed by atoms with Crippen LogP contribution in [0.15, 0.2) is 18.2 Å². The number of carbonyl (C=O) groups is 4. The number of nitrogens with one attached hydrogen (secondary N) is 1. The summed E-state index contributed by atoms with van der Waals surface area (Å²) >= 11 is 0. The van der Waals surface area contributed by atoms with Crippen LogP contribution in [0, 0.1) is 0 Å². The number of anilines is 1. The van der Waals surface area contributed by atoms with E-state index in [1.807, 2.05) is 12.1 Å². The van der Waals surface area contributed by atoms with Crippen LogP contribution in [-0.2, 0) is 20.9 Å². The lowest BCUT2D eigenvalue weighted by Crippen LogP contribution is -2.54. The van der Waals surface area contributed by atoms with Crippen molar-refractivity contribution in [2.75, 3.05) is 51.3 Å². The lowest BCUT2D eigenvalue weighted by Gasteiger charge is -2.43. The molecule has 0 bridgehead atoms. The Morgan fingerprint density at radius 2 is 1.74 bits per heavy atom. The van der Waals surface area contributed by atoms with Crippen LogP contribution < -0.4 is 10.2 Å². The molecular formula is C24H31N5O5. The largest absolute Gasteiger partial charge is 0.453 e. The molecule has 1 unspecified atom stereocenters. The Kier molecular flexibility index (Phi) is 6.16. The number of imide groups is 1. The van der Waals surface area contributed by atoms with Crippen molar-refractivity contribution in [3.8, 4) is 0 Å². The molecular weight excluding hydrogens is 438 g/mol. The van der Waals surface area contributed by atoms with Crippen LogP contribution in [0.4, 0.5) is 10.5 Å². The molecule has 0 saturated carbocycles. The van der Waals surface area contributed by atoms with Crippen LogP contribution in [0.5, 0.6) is 0 Å². The summed E-state index contributed by atoms with van der Waals surface area (Å²) in [4.78, 5) is 56.6. The SMILES string of the molecule is COC(=O)N1CCN(C2CCN(c3ccc4c(c3)CN(C3CCC(=O)NC3=O)C4=O)CC2)CC1. The van der Waals surface area contributed by atoms with Crippen molar-refractivity contribution in [3.63, 3.8) is 0 Å². The Labute approximate surface area is 198 Å². The van der Waals surface area contributed by atoms with Gasteiger partial charge in [0.05, 0.1) is 7.11 Å². The highest BCUT2D eigenvalue weighted by atomic mass is 16.5. The highest BCUT2D eigenvalue weighted by Gasteiger charge is 2.39. The third kappa shape index (κ3) is 4.22. The first-order chi connectivity index (χ1) is 16.4. The molecule has 0 aromatic heterocycles. The van der Waals surface area contributed by atoms with Gasteiger partial charge in [-0.15, -0.1) is 0 Å². The molecule has 5 rings (SSSR count). The summed E-state index contributed by atoms with van der Waals surface area (Å²) < 4.78 is 4.83. The summed E-state index contributed by atoms with van der Waals surface area (Å²) in [5, 5.41) is 2.35. The second-order valence-corrected chi connectivity index (χ2v) is 9.45. The first-order valence-corrected chi connectivity index (χ1v) is 12.0. The summed E-state index contributed by atoms with van der Waals surface area (Å²) in [6.45, 7) is 5.42. The zero-order chi connectivity index (χ0) is 23.8. The monoisotopic (exact) mass is 469 g/mol. The number of piperidine rings is 2. The van der Waals surface area contributed by atoms with Crippen LogP contribution >= 0.6 is 0 Å². The number of nitrogens with zero attached hydrogens (tertiary/aromatic N) is 4. The van der Waals surface area contributed by atoms with Crippen molar-refractivity contribution in [2.24, 2.45) is 0 Å². The lowest BCUT2D eigenvalue weighted by atomic mass is 10.0. The van der Waals surface area contributed by atoms with Gasteiger partial charge in [-0.1, -0.05) is 0 Å². The molecule has 3 saturated heterocycles. The van der Waals surface area contributed by atoms with E-state index >= 15 is 0 Å². The number of benzene rings is 1. The Bertz CT molecular complexity index is 997. The summed E-state index contributed by atoms with van der Waals surface area (Å²) in [6.07, 6.45) is 2.49. The van der Waals surface area contributed by atoms with Gasteiger partial charge in [-0.05, 0) is 43.0 Å². The van der Waals surface area contributed by atoms with E-state index in [1.54, 1.807) is 9.80 Å². The molecule has 0 aliphatic carbocycles. The molecule has 1 aromatic carbocycles. The van der Waals surface area contributed by atoms with Gasteiger partial charge in [0, 0.05) is 69.5 Å². The molecule has 4 amide bonds. The Hall–Kier alpha value is -3.14. The van der Waals surface area contributed by atoms with E-state index in [9.17, 15) is 19.2 Å². The summed E-state index contributed by atoms with van der Waals surface area (Å²) in [7, 11) is 1.42. The fourth-order valence-electron chi connectivity index (χ4n) is 5.65. The Morgan fingerprint density at radius 1 is 1.00 bits per heavy atom. The molecule has 34 heavy (non-hydrogen) atoms. The van der Waals surface area contributed by atoms with E-state index in [-0.39, 0.29) is 30.2 Å². The standard InChI is InChI=1S/C24H31N5O5/c1-34-24(33)28-12-10-27(11-13-28)17-6-8-26(9-7-17)18-2-3-19-16(14-18)15-29(23(19)32)20-4-5-21(30)25-22(20)31/h2-3,14,17,20H,4-13,15H2,1H3,(H,25,30,31). The van der Waals surface area contributed by atoms with Gasteiger partial charge in [0.1, 0.15) is 6.04 Å². The number of amides is 4. The molecule has 10 nitrogen and oxygen atoms in total. The fourth-order valence-corrected chi connectivity index (χ4v) is 5.65. The number of ether oxygens (including phenoxy) is 1. The minimum absolute atomic E-state index is 0.138. The molecule has 1 atom stereocenters. The van der Waals surface area contributed by atoms with Gasteiger partial charge in [0.25, 0.3) is 5.91 Å². The number of hydrogen-bond acceptors (Lipinski definition) is 7. The van der Waals surface area contributed by atoms with Crippen LogP contribution in [0.2, 0.25) is 0 Å². The van der Waals surface area contributed by atoms with Gasteiger partial charge >= 0.3 is 6.09 Å². The molecule has 0 spiro atoms. The summed E-state index contributed by atoms with van der Waals surface area (Å²) in [5.74, 6) is -0.797. The number of hydrogen-bond donors (Lipinski definition) is 1.